The molecular formula is C31H41NO2. The van der Waals surface area contributed by atoms with Gasteiger partial charge in [-0.05, 0) is 79.7 Å². The van der Waals surface area contributed by atoms with Gasteiger partial charge in [-0.3, -0.25) is 4.79 Å². The lowest BCUT2D eigenvalue weighted by Crippen LogP contribution is -2.25. The molecule has 0 bridgehead atoms. The summed E-state index contributed by atoms with van der Waals surface area (Å²) in [5.74, 6) is 0.672. The lowest BCUT2D eigenvalue weighted by molar-refractivity contribution is -0.140. The Morgan fingerprint density at radius 1 is 0.853 bits per heavy atom. The second kappa shape index (κ2) is 14.0. The second-order valence-corrected chi connectivity index (χ2v) is 9.92. The summed E-state index contributed by atoms with van der Waals surface area (Å²) in [5.41, 5.74) is 4.41. The molecule has 0 amide bonds. The normalized spacial score (nSPS) is 17.8. The summed E-state index contributed by atoms with van der Waals surface area (Å²) in [5, 5.41) is 9.61. The maximum Gasteiger partial charge on any atom is 0.314 e. The Kier molecular flexibility index (Phi) is 10.7. The molecule has 1 aliphatic rings. The summed E-state index contributed by atoms with van der Waals surface area (Å²) in [6.45, 7) is 4.44. The van der Waals surface area contributed by atoms with Crippen molar-refractivity contribution in [3.8, 4) is 11.8 Å². The predicted octanol–water partition coefficient (Wildman–Crippen LogP) is 8.29. The third-order valence-electron chi connectivity index (χ3n) is 7.24. The topological polar surface area (TPSA) is 50.1 Å². The van der Waals surface area contributed by atoms with Gasteiger partial charge < -0.3 is 4.74 Å². The minimum atomic E-state index is -0.183. The maximum absolute atomic E-state index is 12.8. The fourth-order valence-corrected chi connectivity index (χ4v) is 5.12. The minimum Gasteiger partial charge on any atom is -0.425 e. The van der Waals surface area contributed by atoms with Crippen molar-refractivity contribution < 1.29 is 9.53 Å². The van der Waals surface area contributed by atoms with Gasteiger partial charge in [0.2, 0.25) is 0 Å². The van der Waals surface area contributed by atoms with Crippen molar-refractivity contribution in [2.24, 2.45) is 5.92 Å². The van der Waals surface area contributed by atoms with Gasteiger partial charge in [-0.15, -0.1) is 0 Å². The summed E-state index contributed by atoms with van der Waals surface area (Å²) >= 11 is 0. The first-order valence-electron chi connectivity index (χ1n) is 13.5. The molecule has 34 heavy (non-hydrogen) atoms. The smallest absolute Gasteiger partial charge is 0.314 e. The molecule has 182 valence electrons. The molecule has 0 saturated heterocycles. The fraction of sp³-hybridized carbons (Fsp3) is 0.548. The zero-order valence-electron chi connectivity index (χ0n) is 21.2. The van der Waals surface area contributed by atoms with Crippen LogP contribution < -0.4 is 4.74 Å². The van der Waals surface area contributed by atoms with Crippen LogP contribution in [0.15, 0.2) is 42.5 Å². The summed E-state index contributed by atoms with van der Waals surface area (Å²) in [6, 6.07) is 17.0. The van der Waals surface area contributed by atoms with Gasteiger partial charge in [0.25, 0.3) is 0 Å². The molecule has 0 heterocycles. The Bertz CT molecular complexity index is 933. The molecule has 3 rings (SSSR count). The van der Waals surface area contributed by atoms with Crippen molar-refractivity contribution in [1.29, 1.82) is 5.26 Å². The molecule has 0 radical (unpaired) electrons. The van der Waals surface area contributed by atoms with Crippen LogP contribution in [-0.4, -0.2) is 5.97 Å². The first-order chi connectivity index (χ1) is 16.6. The third kappa shape index (κ3) is 7.73. The number of ether oxygens (including phenoxy) is 1. The molecule has 1 aliphatic carbocycles. The van der Waals surface area contributed by atoms with E-state index in [1.807, 2.05) is 18.2 Å². The number of carbonyl (C=O) groups is 1. The van der Waals surface area contributed by atoms with Gasteiger partial charge in [0.1, 0.15) is 11.8 Å². The van der Waals surface area contributed by atoms with Gasteiger partial charge in [-0.25, -0.2) is 0 Å². The lowest BCUT2D eigenvalue weighted by atomic mass is 9.78. The Labute approximate surface area is 206 Å². The van der Waals surface area contributed by atoms with Crippen molar-refractivity contribution in [2.75, 3.05) is 0 Å². The maximum atomic E-state index is 12.8. The van der Waals surface area contributed by atoms with Crippen molar-refractivity contribution in [1.82, 2.24) is 0 Å². The number of nitriles is 1. The van der Waals surface area contributed by atoms with E-state index in [4.69, 9.17) is 4.74 Å². The van der Waals surface area contributed by atoms with Crippen LogP contribution in [0.4, 0.5) is 0 Å². The highest BCUT2D eigenvalue weighted by Gasteiger charge is 2.29. The number of esters is 1. The quantitative estimate of drug-likeness (QED) is 0.182. The Morgan fingerprint density at radius 2 is 1.53 bits per heavy atom. The standard InChI is InChI=1S/C31H41NO2/c1-3-5-6-7-8-9-11-25-14-21-30(29(22-25)23-32)34-31(33)28-19-17-27(18-20-28)26-15-12-24(10-4-2)13-16-26/h12-16,21-22,27-28H,3-11,17-20H2,1-2H3. The molecule has 3 nitrogen and oxygen atoms in total. The van der Waals surface area contributed by atoms with E-state index in [-0.39, 0.29) is 11.9 Å². The zero-order valence-corrected chi connectivity index (χ0v) is 21.2. The highest BCUT2D eigenvalue weighted by atomic mass is 16.5. The molecule has 0 N–H and O–H groups in total. The van der Waals surface area contributed by atoms with E-state index < -0.39 is 0 Å². The molecule has 0 spiro atoms. The summed E-state index contributed by atoms with van der Waals surface area (Å²) in [7, 11) is 0. The van der Waals surface area contributed by atoms with E-state index in [0.717, 1.165) is 50.5 Å². The molecule has 2 aromatic rings. The van der Waals surface area contributed by atoms with Crippen LogP contribution >= 0.6 is 0 Å². The molecule has 0 atom stereocenters. The van der Waals surface area contributed by atoms with Crippen LogP contribution in [0.5, 0.6) is 5.75 Å². The van der Waals surface area contributed by atoms with Crippen LogP contribution in [0.25, 0.3) is 0 Å². The average molecular weight is 460 g/mol. The molecule has 1 fully saturated rings. The van der Waals surface area contributed by atoms with Crippen molar-refractivity contribution in [2.45, 2.75) is 103 Å². The first-order valence-corrected chi connectivity index (χ1v) is 13.5. The van der Waals surface area contributed by atoms with Gasteiger partial charge >= 0.3 is 5.97 Å². The molecule has 0 aromatic heterocycles. The van der Waals surface area contributed by atoms with E-state index >= 15 is 0 Å². The number of hydrogen-bond donors (Lipinski definition) is 0. The minimum absolute atomic E-state index is 0.0787. The Balaban J connectivity index is 1.48. The SMILES string of the molecule is CCCCCCCCc1ccc(OC(=O)C2CCC(c3ccc(CCC)cc3)CC2)c(C#N)c1. The highest BCUT2D eigenvalue weighted by molar-refractivity contribution is 5.76. The van der Waals surface area contributed by atoms with E-state index in [9.17, 15) is 10.1 Å². The van der Waals surface area contributed by atoms with Crippen LogP contribution in [0.3, 0.4) is 0 Å². The summed E-state index contributed by atoms with van der Waals surface area (Å²) in [4.78, 5) is 12.8. The molecule has 2 aromatic carbocycles. The largest absolute Gasteiger partial charge is 0.425 e. The molecule has 0 unspecified atom stereocenters. The van der Waals surface area contributed by atoms with Gasteiger partial charge in [0, 0.05) is 0 Å². The number of benzene rings is 2. The number of nitrogens with zero attached hydrogens (tertiary/aromatic N) is 1. The molecule has 1 saturated carbocycles. The number of rotatable bonds is 12. The second-order valence-electron chi connectivity index (χ2n) is 9.92. The van der Waals surface area contributed by atoms with Crippen molar-refractivity contribution in [3.05, 3.63) is 64.7 Å². The predicted molar refractivity (Wildman–Crippen MR) is 139 cm³/mol. The molecule has 3 heteroatoms. The van der Waals surface area contributed by atoms with Crippen molar-refractivity contribution in [3.63, 3.8) is 0 Å². The van der Waals surface area contributed by atoms with E-state index in [0.29, 0.717) is 17.2 Å². The molecular weight excluding hydrogens is 418 g/mol. The zero-order chi connectivity index (χ0) is 24.2. The monoisotopic (exact) mass is 459 g/mol. The Morgan fingerprint density at radius 3 is 2.21 bits per heavy atom. The van der Waals surface area contributed by atoms with E-state index in [2.05, 4.69) is 44.2 Å². The lowest BCUT2D eigenvalue weighted by Gasteiger charge is -2.27. The average Bonchev–Trinajstić information content (AvgIpc) is 2.87. The van der Waals surface area contributed by atoms with Crippen LogP contribution in [-0.2, 0) is 17.6 Å². The van der Waals surface area contributed by atoms with E-state index in [1.54, 1.807) is 0 Å². The summed E-state index contributed by atoms with van der Waals surface area (Å²) < 4.78 is 5.72. The van der Waals surface area contributed by atoms with Gasteiger partial charge in [-0.1, -0.05) is 82.7 Å². The number of carbonyl (C=O) groups excluding carboxylic acids is 1. The van der Waals surface area contributed by atoms with Crippen LogP contribution in [0, 0.1) is 17.2 Å². The Hall–Kier alpha value is -2.60. The molecule has 0 aliphatic heterocycles. The number of hydrogen-bond acceptors (Lipinski definition) is 3. The highest BCUT2D eigenvalue weighted by Crippen LogP contribution is 2.37. The fourth-order valence-electron chi connectivity index (χ4n) is 5.12. The van der Waals surface area contributed by atoms with Crippen LogP contribution in [0.2, 0.25) is 0 Å². The first kappa shape index (κ1) is 26.0. The summed E-state index contributed by atoms with van der Waals surface area (Å²) in [6.07, 6.45) is 14.5. The van der Waals surface area contributed by atoms with Gasteiger partial charge in [0.05, 0.1) is 11.5 Å². The van der Waals surface area contributed by atoms with Crippen LogP contribution in [0.1, 0.15) is 113 Å². The number of unbranched alkanes of at least 4 members (excludes halogenated alkanes) is 5. The van der Waals surface area contributed by atoms with Crippen molar-refractivity contribution >= 4 is 5.97 Å². The number of aryl methyl sites for hydroxylation is 2. The third-order valence-corrected chi connectivity index (χ3v) is 7.24. The van der Waals surface area contributed by atoms with Gasteiger partial charge in [0.15, 0.2) is 0 Å². The van der Waals surface area contributed by atoms with Gasteiger partial charge in [-0.2, -0.15) is 5.26 Å². The van der Waals surface area contributed by atoms with E-state index in [1.165, 1.54) is 49.7 Å².